The summed E-state index contributed by atoms with van der Waals surface area (Å²) in [6.07, 6.45) is 2.01. The number of para-hydroxylation sites is 1. The summed E-state index contributed by atoms with van der Waals surface area (Å²) in [5.74, 6) is 1.67. The fourth-order valence-electron chi connectivity index (χ4n) is 2.96. The summed E-state index contributed by atoms with van der Waals surface area (Å²) in [5.41, 5.74) is 0.980. The highest BCUT2D eigenvalue weighted by molar-refractivity contribution is 7.21. The van der Waals surface area contributed by atoms with E-state index in [1.165, 1.54) is 0 Å². The summed E-state index contributed by atoms with van der Waals surface area (Å²) in [6, 6.07) is 11.9. The number of nitrogens with zero attached hydrogens (tertiary/aromatic N) is 1. The molecule has 0 radical (unpaired) electrons. The number of amides is 1. The minimum Gasteiger partial charge on any atom is -0.457 e. The fraction of sp³-hybridized carbons (Fsp3) is 0.333. The summed E-state index contributed by atoms with van der Waals surface area (Å²) in [4.78, 5) is 16.8. The second-order valence-electron chi connectivity index (χ2n) is 6.01. The Morgan fingerprint density at radius 1 is 1.32 bits per heavy atom. The van der Waals surface area contributed by atoms with Crippen LogP contribution < -0.4 is 10.6 Å². The van der Waals surface area contributed by atoms with Crippen molar-refractivity contribution >= 4 is 39.9 Å². The molecule has 2 aromatic heterocycles. The van der Waals surface area contributed by atoms with Gasteiger partial charge in [0.15, 0.2) is 10.8 Å². The number of benzene rings is 1. The summed E-state index contributed by atoms with van der Waals surface area (Å²) < 4.78 is 7.00. The molecule has 25 heavy (non-hydrogen) atoms. The van der Waals surface area contributed by atoms with Gasteiger partial charge in [0.05, 0.1) is 22.7 Å². The average molecular weight is 378 g/mol. The minimum absolute atomic E-state index is 0. The Hall–Kier alpha value is -1.89. The lowest BCUT2D eigenvalue weighted by Gasteiger charge is -2.21. The van der Waals surface area contributed by atoms with Gasteiger partial charge in [-0.05, 0) is 43.7 Å². The third-order valence-corrected chi connectivity index (χ3v) is 5.32. The van der Waals surface area contributed by atoms with Crippen LogP contribution in [0.5, 0.6) is 0 Å². The first-order chi connectivity index (χ1) is 11.8. The van der Waals surface area contributed by atoms with Gasteiger partial charge in [-0.15, -0.1) is 23.7 Å². The van der Waals surface area contributed by atoms with E-state index in [0.29, 0.717) is 6.54 Å². The zero-order valence-electron chi connectivity index (χ0n) is 13.7. The number of nitrogens with one attached hydrogen (secondary N) is 2. The van der Waals surface area contributed by atoms with E-state index >= 15 is 0 Å². The molecule has 0 aliphatic carbocycles. The topological polar surface area (TPSA) is 67.2 Å². The van der Waals surface area contributed by atoms with Gasteiger partial charge in [0, 0.05) is 6.54 Å². The molecule has 3 heterocycles. The minimum atomic E-state index is 0. The van der Waals surface area contributed by atoms with Gasteiger partial charge >= 0.3 is 0 Å². The lowest BCUT2D eigenvalue weighted by Crippen LogP contribution is -2.40. The molecule has 1 unspecified atom stereocenters. The lowest BCUT2D eigenvalue weighted by molar-refractivity contribution is -0.125. The van der Waals surface area contributed by atoms with Crippen LogP contribution >= 0.6 is 23.7 Å². The average Bonchev–Trinajstić information content (AvgIpc) is 3.27. The quantitative estimate of drug-likeness (QED) is 0.729. The molecule has 1 aromatic carbocycles. The Labute approximate surface area is 156 Å². The standard InChI is InChI=1S/C18H19N3O2S.ClH/c22-17(12-4-3-9-19-10-12)20-11-13-7-8-15(23-13)18-21-14-5-1-2-6-16(14)24-18;/h1-2,5-8,12,19H,3-4,9-11H2,(H,20,22);1H. The van der Waals surface area contributed by atoms with Gasteiger partial charge in [0.25, 0.3) is 0 Å². The third kappa shape index (κ3) is 4.03. The second-order valence-corrected chi connectivity index (χ2v) is 7.04. The Bertz CT molecular complexity index is 822. The zero-order valence-corrected chi connectivity index (χ0v) is 15.3. The summed E-state index contributed by atoms with van der Waals surface area (Å²) in [5, 5.41) is 7.10. The Balaban J connectivity index is 0.00000182. The summed E-state index contributed by atoms with van der Waals surface area (Å²) in [7, 11) is 0. The molecule has 2 N–H and O–H groups in total. The van der Waals surface area contributed by atoms with Crippen LogP contribution in [0.4, 0.5) is 0 Å². The largest absolute Gasteiger partial charge is 0.457 e. The van der Waals surface area contributed by atoms with E-state index in [1.54, 1.807) is 11.3 Å². The smallest absolute Gasteiger partial charge is 0.224 e. The van der Waals surface area contributed by atoms with Crippen molar-refractivity contribution in [2.75, 3.05) is 13.1 Å². The summed E-state index contributed by atoms with van der Waals surface area (Å²) >= 11 is 1.61. The van der Waals surface area contributed by atoms with E-state index in [0.717, 1.165) is 52.7 Å². The third-order valence-electron chi connectivity index (χ3n) is 4.27. The van der Waals surface area contributed by atoms with E-state index in [-0.39, 0.29) is 24.2 Å². The number of thiazole rings is 1. The first kappa shape index (κ1) is 17.9. The molecule has 7 heteroatoms. The predicted octanol–water partition coefficient (Wildman–Crippen LogP) is 3.59. The molecule has 1 aliphatic rings. The van der Waals surface area contributed by atoms with E-state index in [2.05, 4.69) is 21.7 Å². The molecule has 1 aliphatic heterocycles. The van der Waals surface area contributed by atoms with Crippen LogP contribution in [0, 0.1) is 5.92 Å². The monoisotopic (exact) mass is 377 g/mol. The number of hydrogen-bond acceptors (Lipinski definition) is 5. The van der Waals surface area contributed by atoms with Gasteiger partial charge in [-0.25, -0.2) is 4.98 Å². The van der Waals surface area contributed by atoms with Crippen molar-refractivity contribution in [1.82, 2.24) is 15.6 Å². The van der Waals surface area contributed by atoms with Gasteiger partial charge in [-0.2, -0.15) is 0 Å². The predicted molar refractivity (Wildman–Crippen MR) is 102 cm³/mol. The molecule has 3 aromatic rings. The van der Waals surface area contributed by atoms with Crippen molar-refractivity contribution in [2.45, 2.75) is 19.4 Å². The number of piperidine rings is 1. The highest BCUT2D eigenvalue weighted by atomic mass is 35.5. The maximum absolute atomic E-state index is 12.2. The molecule has 0 saturated carbocycles. The first-order valence-corrected chi connectivity index (χ1v) is 9.04. The summed E-state index contributed by atoms with van der Waals surface area (Å²) in [6.45, 7) is 2.19. The van der Waals surface area contributed by atoms with E-state index in [4.69, 9.17) is 4.42 Å². The molecular formula is C18H20ClN3O2S. The Morgan fingerprint density at radius 3 is 3.00 bits per heavy atom. The Kier molecular flexibility index (Phi) is 5.73. The van der Waals surface area contributed by atoms with Crippen LogP contribution in [0.25, 0.3) is 21.0 Å². The fourth-order valence-corrected chi connectivity index (χ4v) is 3.89. The molecule has 1 atom stereocenters. The van der Waals surface area contributed by atoms with Crippen LogP contribution in [-0.4, -0.2) is 24.0 Å². The highest BCUT2D eigenvalue weighted by Crippen LogP contribution is 2.31. The number of halogens is 1. The molecule has 1 saturated heterocycles. The second kappa shape index (κ2) is 7.99. The molecule has 1 amide bonds. The maximum Gasteiger partial charge on any atom is 0.224 e. The highest BCUT2D eigenvalue weighted by Gasteiger charge is 2.20. The Morgan fingerprint density at radius 2 is 2.20 bits per heavy atom. The van der Waals surface area contributed by atoms with Gasteiger partial charge in [-0.3, -0.25) is 4.79 Å². The number of furan rings is 1. The van der Waals surface area contributed by atoms with Crippen LogP contribution in [0.2, 0.25) is 0 Å². The normalized spacial score (nSPS) is 17.2. The molecule has 132 valence electrons. The first-order valence-electron chi connectivity index (χ1n) is 8.23. The van der Waals surface area contributed by atoms with Crippen molar-refractivity contribution in [3.63, 3.8) is 0 Å². The zero-order chi connectivity index (χ0) is 16.4. The number of hydrogen-bond donors (Lipinski definition) is 2. The van der Waals surface area contributed by atoms with Crippen LogP contribution in [0.3, 0.4) is 0 Å². The molecule has 1 fully saturated rings. The van der Waals surface area contributed by atoms with Gasteiger partial charge in [0.2, 0.25) is 5.91 Å². The van der Waals surface area contributed by atoms with E-state index < -0.39 is 0 Å². The maximum atomic E-state index is 12.2. The molecule has 5 nitrogen and oxygen atoms in total. The number of carbonyl (C=O) groups excluding carboxylic acids is 1. The SMILES string of the molecule is Cl.O=C(NCc1ccc(-c2nc3ccccc3s2)o1)C1CCCNC1. The number of aromatic nitrogens is 1. The van der Waals surface area contributed by atoms with Crippen LogP contribution in [0.15, 0.2) is 40.8 Å². The van der Waals surface area contributed by atoms with Gasteiger partial charge < -0.3 is 15.1 Å². The van der Waals surface area contributed by atoms with Crippen molar-refractivity contribution < 1.29 is 9.21 Å². The molecule has 4 rings (SSSR count). The van der Waals surface area contributed by atoms with E-state index in [9.17, 15) is 4.79 Å². The van der Waals surface area contributed by atoms with Crippen molar-refractivity contribution in [2.24, 2.45) is 5.92 Å². The van der Waals surface area contributed by atoms with Crippen LogP contribution in [-0.2, 0) is 11.3 Å². The molecular weight excluding hydrogens is 358 g/mol. The van der Waals surface area contributed by atoms with Crippen molar-refractivity contribution in [1.29, 1.82) is 0 Å². The number of carbonyl (C=O) groups is 1. The van der Waals surface area contributed by atoms with Crippen molar-refractivity contribution in [3.05, 3.63) is 42.2 Å². The number of rotatable bonds is 4. The molecule has 0 spiro atoms. The van der Waals surface area contributed by atoms with E-state index in [1.807, 2.05) is 30.3 Å². The lowest BCUT2D eigenvalue weighted by atomic mass is 9.99. The molecule has 0 bridgehead atoms. The number of fused-ring (bicyclic) bond motifs is 1. The van der Waals surface area contributed by atoms with Crippen molar-refractivity contribution in [3.8, 4) is 10.8 Å². The van der Waals surface area contributed by atoms with Gasteiger partial charge in [-0.1, -0.05) is 12.1 Å². The van der Waals surface area contributed by atoms with Gasteiger partial charge in [0.1, 0.15) is 5.76 Å². The van der Waals surface area contributed by atoms with Crippen LogP contribution in [0.1, 0.15) is 18.6 Å².